The van der Waals surface area contributed by atoms with Gasteiger partial charge in [0.15, 0.2) is 0 Å². The fourth-order valence-corrected chi connectivity index (χ4v) is 2.12. The molecule has 0 aliphatic carbocycles. The Kier molecular flexibility index (Phi) is 5.13. The number of rotatable bonds is 6. The van der Waals surface area contributed by atoms with Gasteiger partial charge < -0.3 is 10.5 Å². The van der Waals surface area contributed by atoms with Gasteiger partial charge >= 0.3 is 0 Å². The number of nitrogens with two attached hydrogens (primary N) is 1. The van der Waals surface area contributed by atoms with Crippen molar-refractivity contribution in [3.8, 4) is 5.75 Å². The SMILES string of the molecule is CCCc1ccc(OC(CN)c2ccc(F)cc2)cc1. The van der Waals surface area contributed by atoms with Gasteiger partial charge in [-0.05, 0) is 41.8 Å². The van der Waals surface area contributed by atoms with E-state index in [2.05, 4.69) is 19.1 Å². The average Bonchev–Trinajstić information content (AvgIpc) is 2.48. The lowest BCUT2D eigenvalue weighted by Gasteiger charge is -2.18. The summed E-state index contributed by atoms with van der Waals surface area (Å²) >= 11 is 0. The highest BCUT2D eigenvalue weighted by molar-refractivity contribution is 5.29. The predicted molar refractivity (Wildman–Crippen MR) is 79.3 cm³/mol. The Morgan fingerprint density at radius 2 is 1.70 bits per heavy atom. The smallest absolute Gasteiger partial charge is 0.136 e. The number of halogens is 1. The number of hydrogen-bond acceptors (Lipinski definition) is 2. The Hall–Kier alpha value is -1.87. The van der Waals surface area contributed by atoms with E-state index in [1.165, 1.54) is 17.7 Å². The normalized spacial score (nSPS) is 12.2. The van der Waals surface area contributed by atoms with E-state index in [0.717, 1.165) is 24.2 Å². The van der Waals surface area contributed by atoms with Crippen molar-refractivity contribution in [3.05, 3.63) is 65.5 Å². The lowest BCUT2D eigenvalue weighted by molar-refractivity contribution is 0.214. The second-order valence-electron chi connectivity index (χ2n) is 4.79. The lowest BCUT2D eigenvalue weighted by Crippen LogP contribution is -2.18. The zero-order valence-corrected chi connectivity index (χ0v) is 11.7. The molecule has 0 aliphatic heterocycles. The average molecular weight is 273 g/mol. The minimum Gasteiger partial charge on any atom is -0.484 e. The minimum absolute atomic E-state index is 0.256. The van der Waals surface area contributed by atoms with Crippen molar-refractivity contribution in [3.63, 3.8) is 0 Å². The molecule has 1 atom stereocenters. The highest BCUT2D eigenvalue weighted by Gasteiger charge is 2.11. The molecule has 0 amide bonds. The van der Waals surface area contributed by atoms with Crippen LogP contribution in [0, 0.1) is 5.82 Å². The molecule has 2 N–H and O–H groups in total. The van der Waals surface area contributed by atoms with E-state index < -0.39 is 0 Å². The van der Waals surface area contributed by atoms with E-state index in [9.17, 15) is 4.39 Å². The molecular formula is C17H20FNO. The molecule has 2 rings (SSSR count). The number of aryl methyl sites for hydroxylation is 1. The third-order valence-electron chi connectivity index (χ3n) is 3.20. The van der Waals surface area contributed by atoms with Crippen LogP contribution in [0.25, 0.3) is 0 Å². The van der Waals surface area contributed by atoms with E-state index in [1.54, 1.807) is 12.1 Å². The molecule has 0 bridgehead atoms. The summed E-state index contributed by atoms with van der Waals surface area (Å²) in [7, 11) is 0. The number of ether oxygens (including phenoxy) is 1. The van der Waals surface area contributed by atoms with Gasteiger partial charge in [0.2, 0.25) is 0 Å². The van der Waals surface area contributed by atoms with Crippen LogP contribution in [0.3, 0.4) is 0 Å². The molecule has 0 heterocycles. The maximum absolute atomic E-state index is 12.9. The molecule has 2 nitrogen and oxygen atoms in total. The van der Waals surface area contributed by atoms with Gasteiger partial charge in [0.25, 0.3) is 0 Å². The molecule has 0 saturated carbocycles. The predicted octanol–water partition coefficient (Wildman–Crippen LogP) is 3.86. The van der Waals surface area contributed by atoms with Crippen molar-refractivity contribution in [2.75, 3.05) is 6.54 Å². The molecule has 0 aromatic heterocycles. The first kappa shape index (κ1) is 14.5. The highest BCUT2D eigenvalue weighted by atomic mass is 19.1. The Morgan fingerprint density at radius 3 is 2.25 bits per heavy atom. The third-order valence-corrected chi connectivity index (χ3v) is 3.20. The summed E-state index contributed by atoms with van der Waals surface area (Å²) < 4.78 is 18.8. The van der Waals surface area contributed by atoms with Gasteiger partial charge in [0.05, 0.1) is 0 Å². The molecule has 0 fully saturated rings. The van der Waals surface area contributed by atoms with E-state index in [0.29, 0.717) is 6.54 Å². The minimum atomic E-state index is -0.257. The fourth-order valence-electron chi connectivity index (χ4n) is 2.12. The van der Waals surface area contributed by atoms with Gasteiger partial charge in [-0.25, -0.2) is 4.39 Å². The van der Waals surface area contributed by atoms with Gasteiger partial charge in [0.1, 0.15) is 17.7 Å². The molecule has 2 aromatic carbocycles. The van der Waals surface area contributed by atoms with Crippen molar-refractivity contribution in [1.82, 2.24) is 0 Å². The van der Waals surface area contributed by atoms with Crippen LogP contribution in [0.2, 0.25) is 0 Å². The van der Waals surface area contributed by atoms with Crippen LogP contribution in [0.4, 0.5) is 4.39 Å². The van der Waals surface area contributed by atoms with Crippen LogP contribution in [-0.2, 0) is 6.42 Å². The summed E-state index contributed by atoms with van der Waals surface area (Å²) in [5.41, 5.74) is 7.93. The molecular weight excluding hydrogens is 253 g/mol. The Morgan fingerprint density at radius 1 is 1.05 bits per heavy atom. The standard InChI is InChI=1S/C17H20FNO/c1-2-3-13-4-10-16(11-5-13)20-17(12-19)14-6-8-15(18)9-7-14/h4-11,17H,2-3,12,19H2,1H3. The summed E-state index contributed by atoms with van der Waals surface area (Å²) in [6.07, 6.45) is 1.94. The topological polar surface area (TPSA) is 35.2 Å². The van der Waals surface area contributed by atoms with Gasteiger partial charge in [-0.1, -0.05) is 37.6 Å². The summed E-state index contributed by atoms with van der Waals surface area (Å²) in [4.78, 5) is 0. The van der Waals surface area contributed by atoms with Crippen LogP contribution in [0.1, 0.15) is 30.6 Å². The summed E-state index contributed by atoms with van der Waals surface area (Å²) in [6, 6.07) is 14.3. The largest absolute Gasteiger partial charge is 0.484 e. The Labute approximate surface area is 119 Å². The van der Waals surface area contributed by atoms with Crippen LogP contribution >= 0.6 is 0 Å². The lowest BCUT2D eigenvalue weighted by atomic mass is 10.1. The summed E-state index contributed by atoms with van der Waals surface area (Å²) in [5, 5.41) is 0. The highest BCUT2D eigenvalue weighted by Crippen LogP contribution is 2.22. The van der Waals surface area contributed by atoms with Crippen molar-refractivity contribution in [1.29, 1.82) is 0 Å². The number of hydrogen-bond donors (Lipinski definition) is 1. The van der Waals surface area contributed by atoms with E-state index >= 15 is 0 Å². The molecule has 20 heavy (non-hydrogen) atoms. The summed E-state index contributed by atoms with van der Waals surface area (Å²) in [5.74, 6) is 0.526. The molecule has 0 aliphatic rings. The summed E-state index contributed by atoms with van der Waals surface area (Å²) in [6.45, 7) is 2.51. The van der Waals surface area contributed by atoms with E-state index in [4.69, 9.17) is 10.5 Å². The monoisotopic (exact) mass is 273 g/mol. The molecule has 1 unspecified atom stereocenters. The second kappa shape index (κ2) is 7.06. The first-order chi connectivity index (χ1) is 9.72. The Balaban J connectivity index is 2.07. The van der Waals surface area contributed by atoms with Crippen molar-refractivity contribution < 1.29 is 9.13 Å². The Bertz CT molecular complexity index is 522. The van der Waals surface area contributed by atoms with E-state index in [-0.39, 0.29) is 11.9 Å². The van der Waals surface area contributed by atoms with E-state index in [1.807, 2.05) is 12.1 Å². The first-order valence-electron chi connectivity index (χ1n) is 6.94. The molecule has 106 valence electrons. The second-order valence-corrected chi connectivity index (χ2v) is 4.79. The maximum Gasteiger partial charge on any atom is 0.136 e. The molecule has 0 spiro atoms. The maximum atomic E-state index is 12.9. The van der Waals surface area contributed by atoms with Crippen molar-refractivity contribution >= 4 is 0 Å². The zero-order valence-electron chi connectivity index (χ0n) is 11.7. The zero-order chi connectivity index (χ0) is 14.4. The molecule has 3 heteroatoms. The van der Waals surface area contributed by atoms with Crippen molar-refractivity contribution in [2.45, 2.75) is 25.9 Å². The van der Waals surface area contributed by atoms with Gasteiger partial charge in [-0.15, -0.1) is 0 Å². The van der Waals surface area contributed by atoms with Crippen LogP contribution < -0.4 is 10.5 Å². The van der Waals surface area contributed by atoms with Gasteiger partial charge in [-0.3, -0.25) is 0 Å². The molecule has 2 aromatic rings. The van der Waals surface area contributed by atoms with Gasteiger partial charge in [-0.2, -0.15) is 0 Å². The third kappa shape index (κ3) is 3.81. The first-order valence-corrected chi connectivity index (χ1v) is 6.94. The number of benzene rings is 2. The van der Waals surface area contributed by atoms with Gasteiger partial charge in [0, 0.05) is 6.54 Å². The molecule has 0 saturated heterocycles. The quantitative estimate of drug-likeness (QED) is 0.867. The van der Waals surface area contributed by atoms with Crippen LogP contribution in [-0.4, -0.2) is 6.54 Å². The van der Waals surface area contributed by atoms with Crippen LogP contribution in [0.5, 0.6) is 5.75 Å². The van der Waals surface area contributed by atoms with Crippen molar-refractivity contribution in [2.24, 2.45) is 5.73 Å². The van der Waals surface area contributed by atoms with Crippen LogP contribution in [0.15, 0.2) is 48.5 Å². The fraction of sp³-hybridized carbons (Fsp3) is 0.294. The molecule has 0 radical (unpaired) electrons.